The first-order valence-corrected chi connectivity index (χ1v) is 6.90. The number of rotatable bonds is 2. The summed E-state index contributed by atoms with van der Waals surface area (Å²) in [6, 6.07) is 0. The number of ether oxygens (including phenoxy) is 1. The van der Waals surface area contributed by atoms with Gasteiger partial charge < -0.3 is 14.9 Å². The van der Waals surface area contributed by atoms with Crippen molar-refractivity contribution >= 4 is 0 Å². The van der Waals surface area contributed by atoms with Crippen molar-refractivity contribution in [2.75, 3.05) is 19.7 Å². The lowest BCUT2D eigenvalue weighted by molar-refractivity contribution is -0.214. The van der Waals surface area contributed by atoms with E-state index in [0.29, 0.717) is 13.0 Å². The Bertz CT molecular complexity index is 401. The predicted molar refractivity (Wildman–Crippen MR) is 68.4 cm³/mol. The third kappa shape index (κ3) is 2.53. The summed E-state index contributed by atoms with van der Waals surface area (Å²) in [5.74, 6) is 0. The zero-order valence-electron chi connectivity index (χ0n) is 11.0. The molecule has 2 saturated heterocycles. The molecule has 106 valence electrons. The van der Waals surface area contributed by atoms with E-state index < -0.39 is 17.8 Å². The second-order valence-corrected chi connectivity index (χ2v) is 5.60. The number of aromatic nitrogens is 2. The first kappa shape index (κ1) is 13.1. The maximum atomic E-state index is 10.2. The highest BCUT2D eigenvalue weighted by Gasteiger charge is 2.47. The molecule has 0 unspecified atom stereocenters. The molecule has 1 spiro atoms. The summed E-state index contributed by atoms with van der Waals surface area (Å²) in [5, 5.41) is 26.8. The Hall–Kier alpha value is -0.950. The summed E-state index contributed by atoms with van der Waals surface area (Å²) < 4.78 is 5.82. The Balaban J connectivity index is 1.59. The minimum Gasteiger partial charge on any atom is -0.390 e. The second-order valence-electron chi connectivity index (χ2n) is 5.60. The van der Waals surface area contributed by atoms with Gasteiger partial charge in [-0.3, -0.25) is 10.00 Å². The van der Waals surface area contributed by atoms with Crippen molar-refractivity contribution in [2.24, 2.45) is 0 Å². The van der Waals surface area contributed by atoms with E-state index in [1.807, 2.05) is 12.4 Å². The molecule has 1 aromatic rings. The minimum absolute atomic E-state index is 0.529. The monoisotopic (exact) mass is 267 g/mol. The van der Waals surface area contributed by atoms with E-state index in [1.54, 1.807) is 0 Å². The number of hydrogen-bond donors (Lipinski definition) is 3. The number of H-pyrrole nitrogens is 1. The van der Waals surface area contributed by atoms with Crippen LogP contribution in [0.2, 0.25) is 0 Å². The number of nitrogens with one attached hydrogen (secondary N) is 1. The highest BCUT2D eigenvalue weighted by molar-refractivity contribution is 5.04. The quantitative estimate of drug-likeness (QED) is 0.696. The van der Waals surface area contributed by atoms with E-state index in [4.69, 9.17) is 4.74 Å². The lowest BCUT2D eigenvalue weighted by Gasteiger charge is -2.48. The molecule has 2 atom stereocenters. The lowest BCUT2D eigenvalue weighted by atomic mass is 9.80. The molecule has 2 aliphatic rings. The van der Waals surface area contributed by atoms with Crippen molar-refractivity contribution in [2.45, 2.75) is 43.6 Å². The molecule has 0 radical (unpaired) electrons. The number of piperidine rings is 1. The van der Waals surface area contributed by atoms with Crippen LogP contribution in [0.4, 0.5) is 0 Å². The van der Waals surface area contributed by atoms with Crippen molar-refractivity contribution in [3.05, 3.63) is 18.0 Å². The van der Waals surface area contributed by atoms with Gasteiger partial charge >= 0.3 is 0 Å². The van der Waals surface area contributed by atoms with Crippen molar-refractivity contribution < 1.29 is 14.9 Å². The topological polar surface area (TPSA) is 81.6 Å². The average Bonchev–Trinajstić information content (AvgIpc) is 2.92. The number of likely N-dealkylation sites (tertiary alicyclic amines) is 1. The van der Waals surface area contributed by atoms with Gasteiger partial charge in [0, 0.05) is 31.4 Å². The standard InChI is InChI=1S/C13H21N3O3/c17-11-1-6-19-13(12(11)18)2-4-16(5-3-13)9-10-7-14-15-8-10/h7-8,11-12,17-18H,1-6,9H2,(H,14,15)/t11-,12-/m0/s1. The second kappa shape index (κ2) is 5.20. The lowest BCUT2D eigenvalue weighted by Crippen LogP contribution is -2.59. The molecule has 3 N–H and O–H groups in total. The van der Waals surface area contributed by atoms with Crippen LogP contribution in [-0.4, -0.2) is 62.8 Å². The van der Waals surface area contributed by atoms with Gasteiger partial charge in [-0.15, -0.1) is 0 Å². The van der Waals surface area contributed by atoms with Crippen LogP contribution >= 0.6 is 0 Å². The maximum absolute atomic E-state index is 10.2. The van der Waals surface area contributed by atoms with Crippen LogP contribution in [0, 0.1) is 0 Å². The van der Waals surface area contributed by atoms with Gasteiger partial charge in [0.25, 0.3) is 0 Å². The molecule has 1 aromatic heterocycles. The summed E-state index contributed by atoms with van der Waals surface area (Å²) in [6.45, 7) is 3.15. The largest absolute Gasteiger partial charge is 0.390 e. The highest BCUT2D eigenvalue weighted by Crippen LogP contribution is 2.35. The molecule has 0 saturated carbocycles. The zero-order valence-corrected chi connectivity index (χ0v) is 11.0. The molecule has 6 nitrogen and oxygen atoms in total. The van der Waals surface area contributed by atoms with E-state index in [9.17, 15) is 10.2 Å². The van der Waals surface area contributed by atoms with E-state index in [1.165, 1.54) is 5.56 Å². The van der Waals surface area contributed by atoms with Crippen LogP contribution in [-0.2, 0) is 11.3 Å². The van der Waals surface area contributed by atoms with Crippen molar-refractivity contribution in [3.63, 3.8) is 0 Å². The maximum Gasteiger partial charge on any atom is 0.109 e. The number of nitrogens with zero attached hydrogens (tertiary/aromatic N) is 2. The smallest absolute Gasteiger partial charge is 0.109 e. The fourth-order valence-electron chi connectivity index (χ4n) is 3.13. The zero-order chi connectivity index (χ0) is 13.3. The van der Waals surface area contributed by atoms with Crippen molar-refractivity contribution in [1.82, 2.24) is 15.1 Å². The van der Waals surface area contributed by atoms with Gasteiger partial charge in [-0.05, 0) is 19.3 Å². The SMILES string of the molecule is O[C@H]1CCOC2(CCN(Cc3cn[nH]c3)CC2)[C@H]1O. The Kier molecular flexibility index (Phi) is 3.58. The van der Waals surface area contributed by atoms with Crippen molar-refractivity contribution in [3.8, 4) is 0 Å². The fraction of sp³-hybridized carbons (Fsp3) is 0.769. The van der Waals surface area contributed by atoms with Crippen LogP contribution in [0.25, 0.3) is 0 Å². The van der Waals surface area contributed by atoms with Gasteiger partial charge in [-0.1, -0.05) is 0 Å². The van der Waals surface area contributed by atoms with Gasteiger partial charge in [0.05, 0.1) is 24.5 Å². The molecule has 0 aliphatic carbocycles. The molecule has 0 amide bonds. The summed E-state index contributed by atoms with van der Waals surface area (Å²) >= 11 is 0. The summed E-state index contributed by atoms with van der Waals surface area (Å²) in [4.78, 5) is 2.33. The molecule has 2 fully saturated rings. The number of hydrogen-bond acceptors (Lipinski definition) is 5. The molecule has 3 heterocycles. The van der Waals surface area contributed by atoms with Crippen LogP contribution in [0.15, 0.2) is 12.4 Å². The van der Waals surface area contributed by atoms with Crippen LogP contribution < -0.4 is 0 Å². The third-order valence-corrected chi connectivity index (χ3v) is 4.37. The predicted octanol–water partition coefficient (Wildman–Crippen LogP) is -0.114. The minimum atomic E-state index is -0.752. The fourth-order valence-corrected chi connectivity index (χ4v) is 3.13. The average molecular weight is 267 g/mol. The van der Waals surface area contributed by atoms with Gasteiger partial charge in [0.15, 0.2) is 0 Å². The molecule has 3 rings (SSSR count). The third-order valence-electron chi connectivity index (χ3n) is 4.37. The number of aliphatic hydroxyl groups is 2. The van der Waals surface area contributed by atoms with E-state index in [0.717, 1.165) is 32.5 Å². The van der Waals surface area contributed by atoms with E-state index in [-0.39, 0.29) is 0 Å². The highest BCUT2D eigenvalue weighted by atomic mass is 16.5. The Morgan fingerprint density at radius 3 is 2.89 bits per heavy atom. The number of aromatic amines is 1. The van der Waals surface area contributed by atoms with Crippen LogP contribution in [0.1, 0.15) is 24.8 Å². The van der Waals surface area contributed by atoms with Gasteiger partial charge in [0.2, 0.25) is 0 Å². The van der Waals surface area contributed by atoms with Crippen LogP contribution in [0.3, 0.4) is 0 Å². The summed E-state index contributed by atoms with van der Waals surface area (Å²) in [7, 11) is 0. The van der Waals surface area contributed by atoms with Crippen molar-refractivity contribution in [1.29, 1.82) is 0 Å². The molecule has 6 heteroatoms. The molecule has 2 aliphatic heterocycles. The molecular weight excluding hydrogens is 246 g/mol. The molecule has 0 bridgehead atoms. The Labute approximate surface area is 112 Å². The Morgan fingerprint density at radius 1 is 1.42 bits per heavy atom. The first-order valence-electron chi connectivity index (χ1n) is 6.90. The summed E-state index contributed by atoms with van der Waals surface area (Å²) in [5.41, 5.74) is 0.631. The van der Waals surface area contributed by atoms with E-state index >= 15 is 0 Å². The molecule has 19 heavy (non-hydrogen) atoms. The number of aliphatic hydroxyl groups excluding tert-OH is 2. The van der Waals surface area contributed by atoms with Gasteiger partial charge in [0.1, 0.15) is 6.10 Å². The summed E-state index contributed by atoms with van der Waals surface area (Å²) in [6.07, 6.45) is 4.40. The first-order chi connectivity index (χ1) is 9.20. The normalized spacial score (nSPS) is 31.7. The van der Waals surface area contributed by atoms with Gasteiger partial charge in [-0.25, -0.2) is 0 Å². The van der Waals surface area contributed by atoms with E-state index in [2.05, 4.69) is 15.1 Å². The van der Waals surface area contributed by atoms with Crippen LogP contribution in [0.5, 0.6) is 0 Å². The Morgan fingerprint density at radius 2 is 2.21 bits per heavy atom. The molecular formula is C13H21N3O3. The van der Waals surface area contributed by atoms with Gasteiger partial charge in [-0.2, -0.15) is 5.10 Å². The molecule has 0 aromatic carbocycles.